The minimum Gasteiger partial charge on any atom is -0.317 e. The van der Waals surface area contributed by atoms with Crippen LogP contribution in [0, 0.1) is 16.0 Å². The monoisotopic (exact) mass is 318 g/mol. The number of benzene rings is 1. The zero-order valence-electron chi connectivity index (χ0n) is 13.8. The Morgan fingerprint density at radius 2 is 1.74 bits per heavy atom. The second-order valence-electron chi connectivity index (χ2n) is 6.72. The van der Waals surface area contributed by atoms with E-state index in [-0.39, 0.29) is 10.6 Å². The summed E-state index contributed by atoms with van der Waals surface area (Å²) in [5, 5.41) is 14.3. The van der Waals surface area contributed by atoms with Crippen molar-refractivity contribution in [2.45, 2.75) is 18.9 Å². The van der Waals surface area contributed by atoms with Gasteiger partial charge >= 0.3 is 0 Å². The standard InChI is InChI=1S/C17H26N4O2/c1-19-10-12-20(13-11-19)17(15-6-8-18-9-7-15)14-2-4-16(5-3-14)21(22)23/h2-5,15,17-18H,6-13H2,1H3. The lowest BCUT2D eigenvalue weighted by Crippen LogP contribution is -2.48. The van der Waals surface area contributed by atoms with E-state index in [9.17, 15) is 10.1 Å². The normalized spacial score (nSPS) is 22.8. The molecule has 2 aliphatic rings. The van der Waals surface area contributed by atoms with Gasteiger partial charge < -0.3 is 10.2 Å². The topological polar surface area (TPSA) is 61.7 Å². The average molecular weight is 318 g/mol. The van der Waals surface area contributed by atoms with Gasteiger partial charge in [0.1, 0.15) is 0 Å². The van der Waals surface area contributed by atoms with Crippen LogP contribution in [0.5, 0.6) is 0 Å². The maximum Gasteiger partial charge on any atom is 0.269 e. The number of piperazine rings is 1. The fourth-order valence-corrected chi connectivity index (χ4v) is 3.83. The van der Waals surface area contributed by atoms with Crippen LogP contribution in [0.2, 0.25) is 0 Å². The molecule has 0 bridgehead atoms. The Hall–Kier alpha value is -1.50. The third-order valence-corrected chi connectivity index (χ3v) is 5.21. The summed E-state index contributed by atoms with van der Waals surface area (Å²) in [5.41, 5.74) is 1.41. The Bertz CT molecular complexity index is 520. The zero-order chi connectivity index (χ0) is 16.2. The number of nitro benzene ring substituents is 1. The Kier molecular flexibility index (Phi) is 5.25. The summed E-state index contributed by atoms with van der Waals surface area (Å²) in [7, 11) is 2.17. The van der Waals surface area contributed by atoms with E-state index < -0.39 is 0 Å². The highest BCUT2D eigenvalue weighted by atomic mass is 16.6. The van der Waals surface area contributed by atoms with Crippen LogP contribution >= 0.6 is 0 Å². The summed E-state index contributed by atoms with van der Waals surface area (Å²) in [6.45, 7) is 6.47. The van der Waals surface area contributed by atoms with Gasteiger partial charge in [-0.05, 0) is 44.5 Å². The molecule has 2 heterocycles. The molecular weight excluding hydrogens is 292 g/mol. The van der Waals surface area contributed by atoms with Crippen LogP contribution in [0.4, 0.5) is 5.69 Å². The van der Waals surface area contributed by atoms with Gasteiger partial charge in [0.2, 0.25) is 0 Å². The summed E-state index contributed by atoms with van der Waals surface area (Å²) >= 11 is 0. The van der Waals surface area contributed by atoms with E-state index in [2.05, 4.69) is 22.2 Å². The van der Waals surface area contributed by atoms with Crippen LogP contribution in [-0.4, -0.2) is 61.0 Å². The highest BCUT2D eigenvalue weighted by Gasteiger charge is 2.31. The van der Waals surface area contributed by atoms with Crippen molar-refractivity contribution in [3.8, 4) is 0 Å². The number of rotatable bonds is 4. The lowest BCUT2D eigenvalue weighted by atomic mass is 9.84. The van der Waals surface area contributed by atoms with Crippen LogP contribution in [0.15, 0.2) is 24.3 Å². The van der Waals surface area contributed by atoms with E-state index >= 15 is 0 Å². The molecule has 6 heteroatoms. The molecule has 2 aliphatic heterocycles. The van der Waals surface area contributed by atoms with Crippen LogP contribution < -0.4 is 5.32 Å². The smallest absolute Gasteiger partial charge is 0.269 e. The van der Waals surface area contributed by atoms with Crippen molar-refractivity contribution in [3.63, 3.8) is 0 Å². The molecule has 2 saturated heterocycles. The Morgan fingerprint density at radius 3 is 2.30 bits per heavy atom. The van der Waals surface area contributed by atoms with Gasteiger partial charge in [-0.2, -0.15) is 0 Å². The molecule has 0 amide bonds. The van der Waals surface area contributed by atoms with Crippen LogP contribution in [0.1, 0.15) is 24.4 Å². The number of piperidine rings is 1. The highest BCUT2D eigenvalue weighted by molar-refractivity contribution is 5.34. The average Bonchev–Trinajstić information content (AvgIpc) is 2.58. The van der Waals surface area contributed by atoms with Gasteiger partial charge in [0.25, 0.3) is 5.69 Å². The SMILES string of the molecule is CN1CCN(C(c2ccc([N+](=O)[O-])cc2)C2CCNCC2)CC1. The molecule has 0 spiro atoms. The predicted molar refractivity (Wildman–Crippen MR) is 90.5 cm³/mol. The Morgan fingerprint density at radius 1 is 1.13 bits per heavy atom. The lowest BCUT2D eigenvalue weighted by molar-refractivity contribution is -0.384. The third kappa shape index (κ3) is 3.88. The fraction of sp³-hybridized carbons (Fsp3) is 0.647. The van der Waals surface area contributed by atoms with Crippen molar-refractivity contribution in [1.29, 1.82) is 0 Å². The summed E-state index contributed by atoms with van der Waals surface area (Å²) in [5.74, 6) is 0.626. The zero-order valence-corrected chi connectivity index (χ0v) is 13.8. The van der Waals surface area contributed by atoms with Crippen LogP contribution in [-0.2, 0) is 0 Å². The van der Waals surface area contributed by atoms with Gasteiger partial charge in [0.05, 0.1) is 4.92 Å². The maximum absolute atomic E-state index is 10.9. The summed E-state index contributed by atoms with van der Waals surface area (Å²) in [4.78, 5) is 15.5. The van der Waals surface area contributed by atoms with Gasteiger partial charge in [-0.15, -0.1) is 0 Å². The Balaban J connectivity index is 1.82. The first-order chi connectivity index (χ1) is 11.1. The molecule has 0 radical (unpaired) electrons. The van der Waals surface area contributed by atoms with Gasteiger partial charge in [0, 0.05) is 44.4 Å². The lowest BCUT2D eigenvalue weighted by Gasteiger charge is -2.43. The minimum atomic E-state index is -0.320. The number of non-ortho nitro benzene ring substituents is 1. The molecule has 1 unspecified atom stereocenters. The molecule has 1 aromatic carbocycles. The first-order valence-electron chi connectivity index (χ1n) is 8.53. The molecule has 0 aliphatic carbocycles. The van der Waals surface area contributed by atoms with Crippen molar-refractivity contribution >= 4 is 5.69 Å². The predicted octanol–water partition coefficient (Wildman–Crippen LogP) is 1.88. The van der Waals surface area contributed by atoms with E-state index in [4.69, 9.17) is 0 Å². The van der Waals surface area contributed by atoms with Crippen LogP contribution in [0.25, 0.3) is 0 Å². The maximum atomic E-state index is 10.9. The number of nitro groups is 1. The molecule has 1 aromatic rings. The molecule has 1 N–H and O–H groups in total. The summed E-state index contributed by atoms with van der Waals surface area (Å²) in [6, 6.07) is 7.61. The van der Waals surface area contributed by atoms with Crippen molar-refractivity contribution in [2.24, 2.45) is 5.92 Å². The number of nitrogens with one attached hydrogen (secondary N) is 1. The van der Waals surface area contributed by atoms with Gasteiger partial charge in [-0.1, -0.05) is 12.1 Å². The molecule has 2 fully saturated rings. The molecule has 0 saturated carbocycles. The van der Waals surface area contributed by atoms with Crippen molar-refractivity contribution < 1.29 is 4.92 Å². The quantitative estimate of drug-likeness (QED) is 0.678. The van der Waals surface area contributed by atoms with Gasteiger partial charge in [0.15, 0.2) is 0 Å². The minimum absolute atomic E-state index is 0.177. The third-order valence-electron chi connectivity index (χ3n) is 5.21. The number of nitrogens with zero attached hydrogens (tertiary/aromatic N) is 3. The molecule has 0 aromatic heterocycles. The highest BCUT2D eigenvalue weighted by Crippen LogP contribution is 2.35. The Labute approximate surface area is 137 Å². The van der Waals surface area contributed by atoms with E-state index in [0.717, 1.165) is 39.3 Å². The number of hydrogen-bond acceptors (Lipinski definition) is 5. The molecule has 3 rings (SSSR count). The van der Waals surface area contributed by atoms with Gasteiger partial charge in [-0.3, -0.25) is 15.0 Å². The largest absolute Gasteiger partial charge is 0.317 e. The van der Waals surface area contributed by atoms with Crippen molar-refractivity contribution in [2.75, 3.05) is 46.3 Å². The van der Waals surface area contributed by atoms with E-state index in [1.807, 2.05) is 12.1 Å². The van der Waals surface area contributed by atoms with E-state index in [0.29, 0.717) is 12.0 Å². The first kappa shape index (κ1) is 16.4. The fourth-order valence-electron chi connectivity index (χ4n) is 3.83. The van der Waals surface area contributed by atoms with Crippen LogP contribution in [0.3, 0.4) is 0 Å². The number of likely N-dealkylation sites (N-methyl/N-ethyl adjacent to an activating group) is 1. The van der Waals surface area contributed by atoms with Gasteiger partial charge in [-0.25, -0.2) is 0 Å². The van der Waals surface area contributed by atoms with E-state index in [1.54, 1.807) is 12.1 Å². The molecule has 126 valence electrons. The molecule has 6 nitrogen and oxygen atoms in total. The van der Waals surface area contributed by atoms with Crippen molar-refractivity contribution in [1.82, 2.24) is 15.1 Å². The second kappa shape index (κ2) is 7.38. The van der Waals surface area contributed by atoms with Crippen molar-refractivity contribution in [3.05, 3.63) is 39.9 Å². The summed E-state index contributed by atoms with van der Waals surface area (Å²) in [6.07, 6.45) is 2.35. The second-order valence-corrected chi connectivity index (χ2v) is 6.72. The van der Waals surface area contributed by atoms with E-state index in [1.165, 1.54) is 18.4 Å². The first-order valence-corrected chi connectivity index (χ1v) is 8.53. The molecule has 1 atom stereocenters. The number of hydrogen-bond donors (Lipinski definition) is 1. The molecule has 23 heavy (non-hydrogen) atoms. The summed E-state index contributed by atoms with van der Waals surface area (Å²) < 4.78 is 0. The molecular formula is C17H26N4O2.